The van der Waals surface area contributed by atoms with Gasteiger partial charge in [-0.15, -0.1) is 0 Å². The number of hydrogen-bond acceptors (Lipinski definition) is 4. The van der Waals surface area contributed by atoms with Gasteiger partial charge < -0.3 is 10.1 Å². The molecule has 24 heavy (non-hydrogen) atoms. The molecule has 1 aromatic carbocycles. The summed E-state index contributed by atoms with van der Waals surface area (Å²) in [6, 6.07) is 8.39. The summed E-state index contributed by atoms with van der Waals surface area (Å²) >= 11 is 0. The van der Waals surface area contributed by atoms with E-state index < -0.39 is 0 Å². The molecule has 0 fully saturated rings. The quantitative estimate of drug-likeness (QED) is 0.883. The summed E-state index contributed by atoms with van der Waals surface area (Å²) in [7, 11) is 1.60. The summed E-state index contributed by atoms with van der Waals surface area (Å²) in [6.07, 6.45) is 0.773. The van der Waals surface area contributed by atoms with Crippen LogP contribution in [-0.2, 0) is 6.54 Å². The molecule has 1 aromatic heterocycles. The molecule has 0 saturated carbocycles. The molecule has 6 nitrogen and oxygen atoms in total. The predicted octanol–water partition coefficient (Wildman–Crippen LogP) is 2.46. The number of amides is 1. The van der Waals surface area contributed by atoms with E-state index in [1.54, 1.807) is 7.11 Å². The van der Waals surface area contributed by atoms with E-state index in [0.29, 0.717) is 6.54 Å². The normalized spacial score (nSPS) is 11.8. The van der Waals surface area contributed by atoms with Gasteiger partial charge in [0.1, 0.15) is 11.4 Å². The largest absolute Gasteiger partial charge is 0.496 e. The summed E-state index contributed by atoms with van der Waals surface area (Å²) in [5, 5.41) is 7.04. The van der Waals surface area contributed by atoms with Gasteiger partial charge in [-0.1, -0.05) is 24.6 Å². The maximum Gasteiger partial charge on any atom is 0.272 e. The van der Waals surface area contributed by atoms with E-state index in [-0.39, 0.29) is 23.2 Å². The maximum atomic E-state index is 12.5. The van der Waals surface area contributed by atoms with Gasteiger partial charge in [0.15, 0.2) is 0 Å². The van der Waals surface area contributed by atoms with Crippen molar-refractivity contribution in [2.45, 2.75) is 39.8 Å². The summed E-state index contributed by atoms with van der Waals surface area (Å²) < 4.78 is 6.68. The minimum absolute atomic E-state index is 0.207. The second-order valence-corrected chi connectivity index (χ2v) is 5.72. The van der Waals surface area contributed by atoms with Gasteiger partial charge >= 0.3 is 0 Å². The van der Waals surface area contributed by atoms with Crippen molar-refractivity contribution in [2.75, 3.05) is 7.11 Å². The molecule has 6 heteroatoms. The summed E-state index contributed by atoms with van der Waals surface area (Å²) in [5.41, 5.74) is 2.00. The van der Waals surface area contributed by atoms with E-state index in [1.807, 2.05) is 39.0 Å². The second-order valence-electron chi connectivity index (χ2n) is 5.72. The Labute approximate surface area is 141 Å². The Bertz CT molecular complexity index is 783. The molecule has 0 radical (unpaired) electrons. The van der Waals surface area contributed by atoms with Gasteiger partial charge in [0.25, 0.3) is 11.5 Å². The number of carbonyl (C=O) groups is 1. The molecule has 0 aliphatic carbocycles. The van der Waals surface area contributed by atoms with Crippen LogP contribution in [0.15, 0.2) is 35.1 Å². The number of ether oxygens (including phenoxy) is 1. The van der Waals surface area contributed by atoms with Gasteiger partial charge in [0, 0.05) is 18.2 Å². The lowest BCUT2D eigenvalue weighted by Crippen LogP contribution is -2.31. The first kappa shape index (κ1) is 17.7. The van der Waals surface area contributed by atoms with Crippen molar-refractivity contribution < 1.29 is 9.53 Å². The van der Waals surface area contributed by atoms with Crippen molar-refractivity contribution in [2.24, 2.45) is 0 Å². The monoisotopic (exact) mass is 329 g/mol. The Morgan fingerprint density at radius 1 is 1.33 bits per heavy atom. The molecule has 1 heterocycles. The van der Waals surface area contributed by atoms with Crippen molar-refractivity contribution in [3.05, 3.63) is 57.5 Å². The lowest BCUT2D eigenvalue weighted by atomic mass is 10.0. The predicted molar refractivity (Wildman–Crippen MR) is 92.4 cm³/mol. The van der Waals surface area contributed by atoms with Crippen LogP contribution in [0.2, 0.25) is 0 Å². The van der Waals surface area contributed by atoms with Crippen LogP contribution in [0.4, 0.5) is 0 Å². The number of methoxy groups -OCH3 is 1. The summed E-state index contributed by atoms with van der Waals surface area (Å²) in [5.74, 6) is 0.397. The molecule has 0 aliphatic heterocycles. The van der Waals surface area contributed by atoms with Crippen LogP contribution >= 0.6 is 0 Å². The number of rotatable bonds is 6. The molecule has 128 valence electrons. The molecule has 2 aromatic rings. The number of nitrogens with zero attached hydrogens (tertiary/aromatic N) is 2. The minimum Gasteiger partial charge on any atom is -0.496 e. The number of benzene rings is 1. The second kappa shape index (κ2) is 7.77. The number of carbonyl (C=O) groups excluding carboxylic acids is 1. The fraction of sp³-hybridized carbons (Fsp3) is 0.389. The Morgan fingerprint density at radius 3 is 2.75 bits per heavy atom. The Morgan fingerprint density at radius 2 is 2.08 bits per heavy atom. The van der Waals surface area contributed by atoms with E-state index in [1.165, 1.54) is 16.8 Å². The highest BCUT2D eigenvalue weighted by Gasteiger charge is 2.17. The van der Waals surface area contributed by atoms with Crippen LogP contribution in [0.25, 0.3) is 0 Å². The van der Waals surface area contributed by atoms with E-state index in [4.69, 9.17) is 4.74 Å². The average molecular weight is 329 g/mol. The third-order valence-corrected chi connectivity index (χ3v) is 3.73. The minimum atomic E-state index is -0.323. The van der Waals surface area contributed by atoms with E-state index in [2.05, 4.69) is 10.4 Å². The molecule has 0 aliphatic rings. The van der Waals surface area contributed by atoms with Crippen LogP contribution in [0.3, 0.4) is 0 Å². The molecular weight excluding hydrogens is 306 g/mol. The van der Waals surface area contributed by atoms with Gasteiger partial charge in [0.2, 0.25) is 0 Å². The van der Waals surface area contributed by atoms with Crippen molar-refractivity contribution in [3.63, 3.8) is 0 Å². The van der Waals surface area contributed by atoms with Crippen molar-refractivity contribution in [1.82, 2.24) is 15.1 Å². The lowest BCUT2D eigenvalue weighted by Gasteiger charge is -2.18. The molecule has 1 N–H and O–H groups in total. The molecular formula is C18H23N3O3. The van der Waals surface area contributed by atoms with E-state index >= 15 is 0 Å². The summed E-state index contributed by atoms with van der Waals surface area (Å²) in [4.78, 5) is 24.2. The lowest BCUT2D eigenvalue weighted by molar-refractivity contribution is 0.0931. The van der Waals surface area contributed by atoms with Gasteiger partial charge in [-0.25, -0.2) is 4.68 Å². The highest BCUT2D eigenvalue weighted by Crippen LogP contribution is 2.26. The molecule has 0 unspecified atom stereocenters. The van der Waals surface area contributed by atoms with Crippen LogP contribution in [0, 0.1) is 6.92 Å². The van der Waals surface area contributed by atoms with Gasteiger partial charge in [-0.2, -0.15) is 5.10 Å². The Kier molecular flexibility index (Phi) is 5.73. The standard InChI is InChI=1S/C18H23N3O3/c1-5-10-21-17(22)9-7-15(20-21)18(23)19-13(3)14-11-12(2)6-8-16(14)24-4/h6-9,11,13H,5,10H2,1-4H3,(H,19,23)/t13-/m0/s1. The topological polar surface area (TPSA) is 73.2 Å². The number of aryl methyl sites for hydroxylation is 2. The van der Waals surface area contributed by atoms with Crippen LogP contribution in [0.1, 0.15) is 47.9 Å². The zero-order chi connectivity index (χ0) is 17.7. The fourth-order valence-corrected chi connectivity index (χ4v) is 2.48. The molecule has 2 rings (SSSR count). The van der Waals surface area contributed by atoms with Gasteiger partial charge in [-0.3, -0.25) is 9.59 Å². The van der Waals surface area contributed by atoms with Gasteiger partial charge in [-0.05, 0) is 32.4 Å². The smallest absolute Gasteiger partial charge is 0.272 e. The van der Waals surface area contributed by atoms with Crippen molar-refractivity contribution >= 4 is 5.91 Å². The third kappa shape index (κ3) is 4.01. The molecule has 0 saturated heterocycles. The molecule has 0 bridgehead atoms. The fourth-order valence-electron chi connectivity index (χ4n) is 2.48. The van der Waals surface area contributed by atoms with Gasteiger partial charge in [0.05, 0.1) is 13.2 Å². The van der Waals surface area contributed by atoms with Crippen molar-refractivity contribution in [3.8, 4) is 5.75 Å². The average Bonchev–Trinajstić information content (AvgIpc) is 2.56. The SMILES string of the molecule is CCCn1nc(C(=O)N[C@@H](C)c2cc(C)ccc2OC)ccc1=O. The number of hydrogen-bond donors (Lipinski definition) is 1. The third-order valence-electron chi connectivity index (χ3n) is 3.73. The molecule has 0 spiro atoms. The van der Waals surface area contributed by atoms with Crippen LogP contribution in [0.5, 0.6) is 5.75 Å². The molecule has 1 atom stereocenters. The Hall–Kier alpha value is -2.63. The maximum absolute atomic E-state index is 12.5. The van der Waals surface area contributed by atoms with Crippen LogP contribution < -0.4 is 15.6 Å². The molecule has 1 amide bonds. The first-order chi connectivity index (χ1) is 11.5. The first-order valence-corrected chi connectivity index (χ1v) is 7.99. The zero-order valence-electron chi connectivity index (χ0n) is 14.5. The number of aromatic nitrogens is 2. The first-order valence-electron chi connectivity index (χ1n) is 7.99. The zero-order valence-corrected chi connectivity index (χ0v) is 14.5. The highest BCUT2D eigenvalue weighted by molar-refractivity contribution is 5.92. The Balaban J connectivity index is 2.22. The number of nitrogens with one attached hydrogen (secondary N) is 1. The van der Waals surface area contributed by atoms with Crippen molar-refractivity contribution in [1.29, 1.82) is 0 Å². The van der Waals surface area contributed by atoms with E-state index in [0.717, 1.165) is 23.3 Å². The highest BCUT2D eigenvalue weighted by atomic mass is 16.5. The van der Waals surface area contributed by atoms with Crippen LogP contribution in [-0.4, -0.2) is 22.8 Å². The van der Waals surface area contributed by atoms with E-state index in [9.17, 15) is 9.59 Å². The summed E-state index contributed by atoms with van der Waals surface area (Å²) in [6.45, 7) is 6.31.